The summed E-state index contributed by atoms with van der Waals surface area (Å²) in [5, 5.41) is 9.57. The van der Waals surface area contributed by atoms with Gasteiger partial charge in [0, 0.05) is 0 Å². The molecule has 0 aliphatic heterocycles. The first-order chi connectivity index (χ1) is 6.31. The molecule has 0 aromatic heterocycles. The van der Waals surface area contributed by atoms with E-state index in [9.17, 15) is 5.11 Å². The molecule has 0 rings (SSSR count). The number of unbranched alkanes of at least 4 members (excludes halogenated alkanes) is 3. The maximum Gasteiger partial charge on any atom is 0.0540 e. The van der Waals surface area contributed by atoms with Crippen LogP contribution in [0.2, 0.25) is 0 Å². The van der Waals surface area contributed by atoms with E-state index in [-0.39, 0.29) is 6.10 Å². The molecule has 1 N–H and O–H groups in total. The Bertz CT molecular complexity index is 96.1. The molecule has 1 unspecified atom stereocenters. The SMILES string of the molecule is CCCCCCC(O)CCCSC. The quantitative estimate of drug-likeness (QED) is 0.580. The number of aliphatic hydroxyl groups is 1. The Labute approximate surface area is 87.3 Å². The highest BCUT2D eigenvalue weighted by Crippen LogP contribution is 2.10. The summed E-state index contributed by atoms with van der Waals surface area (Å²) in [4.78, 5) is 0. The summed E-state index contributed by atoms with van der Waals surface area (Å²) in [6.07, 6.45) is 10.3. The summed E-state index contributed by atoms with van der Waals surface area (Å²) in [5.41, 5.74) is 0. The molecule has 0 fully saturated rings. The third-order valence-corrected chi connectivity index (χ3v) is 2.97. The number of thioether (sulfide) groups is 1. The molecule has 80 valence electrons. The second-order valence-electron chi connectivity index (χ2n) is 3.64. The lowest BCUT2D eigenvalue weighted by Crippen LogP contribution is -2.06. The van der Waals surface area contributed by atoms with E-state index >= 15 is 0 Å². The van der Waals surface area contributed by atoms with Gasteiger partial charge < -0.3 is 5.11 Å². The first kappa shape index (κ1) is 13.3. The highest BCUT2D eigenvalue weighted by Gasteiger charge is 2.02. The molecule has 2 heteroatoms. The first-order valence-electron chi connectivity index (χ1n) is 5.48. The normalized spacial score (nSPS) is 13.2. The molecule has 0 aliphatic carbocycles. The maximum atomic E-state index is 9.57. The summed E-state index contributed by atoms with van der Waals surface area (Å²) >= 11 is 1.86. The minimum Gasteiger partial charge on any atom is -0.393 e. The van der Waals surface area contributed by atoms with Gasteiger partial charge in [-0.3, -0.25) is 0 Å². The number of rotatable bonds is 9. The molecule has 0 aromatic carbocycles. The molecular weight excluding hydrogens is 180 g/mol. The van der Waals surface area contributed by atoms with Crippen LogP contribution in [0, 0.1) is 0 Å². The van der Waals surface area contributed by atoms with Gasteiger partial charge in [0.2, 0.25) is 0 Å². The highest BCUT2D eigenvalue weighted by molar-refractivity contribution is 7.98. The van der Waals surface area contributed by atoms with Crippen molar-refractivity contribution in [1.82, 2.24) is 0 Å². The topological polar surface area (TPSA) is 20.2 Å². The molecule has 0 aromatic rings. The van der Waals surface area contributed by atoms with Gasteiger partial charge in [0.1, 0.15) is 0 Å². The van der Waals surface area contributed by atoms with Crippen molar-refractivity contribution in [3.63, 3.8) is 0 Å². The zero-order valence-electron chi connectivity index (χ0n) is 9.09. The lowest BCUT2D eigenvalue weighted by Gasteiger charge is -2.09. The Morgan fingerprint density at radius 1 is 1.08 bits per heavy atom. The smallest absolute Gasteiger partial charge is 0.0540 e. The molecule has 0 radical (unpaired) electrons. The minimum absolute atomic E-state index is 0.0380. The highest BCUT2D eigenvalue weighted by atomic mass is 32.2. The predicted molar refractivity (Wildman–Crippen MR) is 62.4 cm³/mol. The van der Waals surface area contributed by atoms with Crippen molar-refractivity contribution in [3.8, 4) is 0 Å². The summed E-state index contributed by atoms with van der Waals surface area (Å²) in [6, 6.07) is 0. The third kappa shape index (κ3) is 10.2. The van der Waals surface area contributed by atoms with Gasteiger partial charge >= 0.3 is 0 Å². The zero-order chi connectivity index (χ0) is 9.94. The van der Waals surface area contributed by atoms with Crippen LogP contribution < -0.4 is 0 Å². The van der Waals surface area contributed by atoms with Gasteiger partial charge in [-0.05, 0) is 31.3 Å². The zero-order valence-corrected chi connectivity index (χ0v) is 9.91. The van der Waals surface area contributed by atoms with Crippen molar-refractivity contribution in [2.45, 2.75) is 58.0 Å². The van der Waals surface area contributed by atoms with E-state index in [1.54, 1.807) is 0 Å². The molecular formula is C11H24OS. The summed E-state index contributed by atoms with van der Waals surface area (Å²) in [6.45, 7) is 2.22. The van der Waals surface area contributed by atoms with Crippen LogP contribution in [0.15, 0.2) is 0 Å². The van der Waals surface area contributed by atoms with Crippen LogP contribution in [-0.2, 0) is 0 Å². The second-order valence-corrected chi connectivity index (χ2v) is 4.62. The van der Waals surface area contributed by atoms with Crippen LogP contribution >= 0.6 is 11.8 Å². The van der Waals surface area contributed by atoms with Gasteiger partial charge in [-0.1, -0.05) is 32.6 Å². The van der Waals surface area contributed by atoms with E-state index in [2.05, 4.69) is 13.2 Å². The van der Waals surface area contributed by atoms with Crippen LogP contribution in [0.3, 0.4) is 0 Å². The van der Waals surface area contributed by atoms with Gasteiger partial charge in [0.25, 0.3) is 0 Å². The number of hydrogen-bond donors (Lipinski definition) is 1. The van der Waals surface area contributed by atoms with Crippen LogP contribution in [0.1, 0.15) is 51.9 Å². The van der Waals surface area contributed by atoms with Crippen molar-refractivity contribution in [2.75, 3.05) is 12.0 Å². The Balaban J connectivity index is 3.05. The number of aliphatic hydroxyl groups excluding tert-OH is 1. The Morgan fingerprint density at radius 2 is 1.77 bits per heavy atom. The average molecular weight is 204 g/mol. The fourth-order valence-corrected chi connectivity index (χ4v) is 1.87. The average Bonchev–Trinajstić information content (AvgIpc) is 2.13. The molecule has 0 amide bonds. The van der Waals surface area contributed by atoms with E-state index in [4.69, 9.17) is 0 Å². The fraction of sp³-hybridized carbons (Fsp3) is 1.00. The van der Waals surface area contributed by atoms with Crippen molar-refractivity contribution in [1.29, 1.82) is 0 Å². The fourth-order valence-electron chi connectivity index (χ4n) is 1.41. The molecule has 0 bridgehead atoms. The third-order valence-electron chi connectivity index (χ3n) is 2.28. The molecule has 0 heterocycles. The molecule has 0 aliphatic rings. The Kier molecular flexibility index (Phi) is 10.6. The summed E-state index contributed by atoms with van der Waals surface area (Å²) < 4.78 is 0. The van der Waals surface area contributed by atoms with E-state index in [1.807, 2.05) is 11.8 Å². The van der Waals surface area contributed by atoms with E-state index in [0.717, 1.165) is 19.3 Å². The van der Waals surface area contributed by atoms with Crippen LogP contribution in [0.5, 0.6) is 0 Å². The Hall–Kier alpha value is 0.310. The van der Waals surface area contributed by atoms with Crippen LogP contribution in [-0.4, -0.2) is 23.2 Å². The monoisotopic (exact) mass is 204 g/mol. The van der Waals surface area contributed by atoms with Gasteiger partial charge in [-0.2, -0.15) is 11.8 Å². The summed E-state index contributed by atoms with van der Waals surface area (Å²) in [7, 11) is 0. The Morgan fingerprint density at radius 3 is 2.38 bits per heavy atom. The standard InChI is InChI=1S/C11H24OS/c1-3-4-5-6-8-11(12)9-7-10-13-2/h11-12H,3-10H2,1-2H3. The predicted octanol–water partition coefficient (Wildman–Crippen LogP) is 3.46. The van der Waals surface area contributed by atoms with E-state index in [0.29, 0.717) is 0 Å². The van der Waals surface area contributed by atoms with Crippen molar-refractivity contribution in [2.24, 2.45) is 0 Å². The lowest BCUT2D eigenvalue weighted by molar-refractivity contribution is 0.150. The first-order valence-corrected chi connectivity index (χ1v) is 6.87. The van der Waals surface area contributed by atoms with E-state index < -0.39 is 0 Å². The lowest BCUT2D eigenvalue weighted by atomic mass is 10.1. The molecule has 0 saturated carbocycles. The summed E-state index contributed by atoms with van der Waals surface area (Å²) in [5.74, 6) is 1.19. The van der Waals surface area contributed by atoms with E-state index in [1.165, 1.54) is 31.4 Å². The number of hydrogen-bond acceptors (Lipinski definition) is 2. The largest absolute Gasteiger partial charge is 0.393 e. The van der Waals surface area contributed by atoms with Crippen molar-refractivity contribution in [3.05, 3.63) is 0 Å². The van der Waals surface area contributed by atoms with Crippen LogP contribution in [0.4, 0.5) is 0 Å². The molecule has 0 spiro atoms. The molecule has 1 nitrogen and oxygen atoms in total. The van der Waals surface area contributed by atoms with Gasteiger partial charge in [-0.15, -0.1) is 0 Å². The van der Waals surface area contributed by atoms with Gasteiger partial charge in [0.05, 0.1) is 6.10 Å². The minimum atomic E-state index is -0.0380. The van der Waals surface area contributed by atoms with Crippen molar-refractivity contribution < 1.29 is 5.11 Å². The van der Waals surface area contributed by atoms with Crippen LogP contribution in [0.25, 0.3) is 0 Å². The van der Waals surface area contributed by atoms with Gasteiger partial charge in [0.15, 0.2) is 0 Å². The molecule has 0 saturated heterocycles. The maximum absolute atomic E-state index is 9.57. The van der Waals surface area contributed by atoms with Gasteiger partial charge in [-0.25, -0.2) is 0 Å². The molecule has 1 atom stereocenters. The second kappa shape index (κ2) is 10.4. The van der Waals surface area contributed by atoms with Crippen molar-refractivity contribution >= 4 is 11.8 Å². The molecule has 13 heavy (non-hydrogen) atoms.